The van der Waals surface area contributed by atoms with Gasteiger partial charge in [-0.25, -0.2) is 0 Å². The van der Waals surface area contributed by atoms with Crippen LogP contribution in [0.25, 0.3) is 0 Å². The Morgan fingerprint density at radius 2 is 2.11 bits per heavy atom. The quantitative estimate of drug-likeness (QED) is 0.252. The van der Waals surface area contributed by atoms with Gasteiger partial charge in [0.15, 0.2) is 4.77 Å². The zero-order chi connectivity index (χ0) is 14.3. The Labute approximate surface area is 116 Å². The molecule has 7 nitrogen and oxygen atoms in total. The van der Waals surface area contributed by atoms with E-state index in [2.05, 4.69) is 39.2 Å². The van der Waals surface area contributed by atoms with Crippen LogP contribution >= 0.6 is 12.2 Å². The first-order chi connectivity index (χ1) is 9.08. The maximum absolute atomic E-state index is 11.5. The molecule has 0 bridgehead atoms. The predicted molar refractivity (Wildman–Crippen MR) is 77.3 cm³/mol. The van der Waals surface area contributed by atoms with Crippen LogP contribution in [0, 0.1) is 4.77 Å². The highest BCUT2D eigenvalue weighted by Gasteiger charge is 2.03. The van der Waals surface area contributed by atoms with Gasteiger partial charge in [-0.05, 0) is 25.3 Å². The molecule has 0 unspecified atom stereocenters. The third-order valence-corrected chi connectivity index (χ3v) is 2.88. The maximum atomic E-state index is 11.5. The molecule has 1 heterocycles. The minimum Gasteiger partial charge on any atom is -0.494 e. The highest BCUT2D eigenvalue weighted by Crippen LogP contribution is 2.03. The summed E-state index contributed by atoms with van der Waals surface area (Å²) in [5.74, 6) is -0.289. The zero-order valence-corrected chi connectivity index (χ0v) is 11.9. The molecule has 0 amide bonds. The van der Waals surface area contributed by atoms with E-state index in [4.69, 9.17) is 12.2 Å². The van der Waals surface area contributed by atoms with E-state index in [0.717, 1.165) is 19.6 Å². The number of hydrogen-bond donors (Lipinski definition) is 4. The fraction of sp³-hybridized carbons (Fsp3) is 0.545. The summed E-state index contributed by atoms with van der Waals surface area (Å²) in [7, 11) is 0. The maximum Gasteiger partial charge on any atom is 0.264 e. The Kier molecular flexibility index (Phi) is 6.23. The van der Waals surface area contributed by atoms with E-state index in [1.54, 1.807) is 0 Å². The molecule has 0 aromatic carbocycles. The molecule has 1 aromatic rings. The Morgan fingerprint density at radius 1 is 1.42 bits per heavy atom. The van der Waals surface area contributed by atoms with Crippen LogP contribution in [0.15, 0.2) is 9.90 Å². The number of nitrogens with one attached hydrogen (secondary N) is 3. The Bertz CT molecular complexity index is 533. The van der Waals surface area contributed by atoms with E-state index in [0.29, 0.717) is 6.54 Å². The second-order valence-electron chi connectivity index (χ2n) is 3.86. The molecule has 4 N–H and O–H groups in total. The van der Waals surface area contributed by atoms with Crippen molar-refractivity contribution in [3.8, 4) is 5.88 Å². The molecule has 106 valence electrons. The van der Waals surface area contributed by atoms with Gasteiger partial charge in [0.05, 0.1) is 6.21 Å². The molecule has 0 aliphatic heterocycles. The molecule has 1 aromatic heterocycles. The molecule has 8 heteroatoms. The van der Waals surface area contributed by atoms with Crippen molar-refractivity contribution < 1.29 is 5.11 Å². The van der Waals surface area contributed by atoms with Gasteiger partial charge in [-0.2, -0.15) is 5.10 Å². The molecular weight excluding hydrogens is 266 g/mol. The topological polar surface area (TPSA) is 96.5 Å². The van der Waals surface area contributed by atoms with Gasteiger partial charge >= 0.3 is 0 Å². The standard InChI is InChI=1S/C11H19N5O2S/c1-3-16(4-2)6-5-12-13-7-8-9(17)14-11(19)15-10(8)18/h7,12H,3-6H2,1-2H3,(H3,14,15,17,18,19)/b13-7+. The second kappa shape index (κ2) is 7.70. The summed E-state index contributed by atoms with van der Waals surface area (Å²) >= 11 is 4.72. The average molecular weight is 285 g/mol. The highest BCUT2D eigenvalue weighted by atomic mass is 32.1. The lowest BCUT2D eigenvalue weighted by Crippen LogP contribution is -2.30. The van der Waals surface area contributed by atoms with Gasteiger partial charge in [0.1, 0.15) is 5.56 Å². The first kappa shape index (κ1) is 15.4. The summed E-state index contributed by atoms with van der Waals surface area (Å²) in [4.78, 5) is 18.6. The van der Waals surface area contributed by atoms with Crippen molar-refractivity contribution >= 4 is 18.4 Å². The Balaban J connectivity index is 2.54. The van der Waals surface area contributed by atoms with Crippen LogP contribution in [0.2, 0.25) is 0 Å². The smallest absolute Gasteiger partial charge is 0.264 e. The van der Waals surface area contributed by atoms with Crippen LogP contribution < -0.4 is 11.0 Å². The van der Waals surface area contributed by atoms with Crippen LogP contribution in [-0.4, -0.2) is 52.4 Å². The molecule has 0 spiro atoms. The van der Waals surface area contributed by atoms with E-state index < -0.39 is 5.56 Å². The lowest BCUT2D eigenvalue weighted by Gasteiger charge is -2.16. The predicted octanol–water partition coefficient (Wildman–Crippen LogP) is 0.403. The van der Waals surface area contributed by atoms with Crippen LogP contribution in [0.5, 0.6) is 5.88 Å². The highest BCUT2D eigenvalue weighted by molar-refractivity contribution is 7.71. The van der Waals surface area contributed by atoms with Crippen molar-refractivity contribution in [1.82, 2.24) is 20.3 Å². The second-order valence-corrected chi connectivity index (χ2v) is 4.27. The normalized spacial score (nSPS) is 11.3. The summed E-state index contributed by atoms with van der Waals surface area (Å²) in [6, 6.07) is 0. The van der Waals surface area contributed by atoms with E-state index in [9.17, 15) is 9.90 Å². The Morgan fingerprint density at radius 3 is 2.68 bits per heavy atom. The summed E-state index contributed by atoms with van der Waals surface area (Å²) in [6.07, 6.45) is 1.27. The monoisotopic (exact) mass is 285 g/mol. The molecule has 0 saturated carbocycles. The van der Waals surface area contributed by atoms with Gasteiger partial charge in [0, 0.05) is 13.1 Å². The van der Waals surface area contributed by atoms with Gasteiger partial charge in [-0.1, -0.05) is 13.8 Å². The SMILES string of the molecule is CCN(CC)CCN/N=C/c1c(O)[nH]c(=S)[nH]c1=O. The lowest BCUT2D eigenvalue weighted by atomic mass is 10.3. The number of hydrogen-bond acceptors (Lipinski definition) is 6. The first-order valence-electron chi connectivity index (χ1n) is 6.12. The van der Waals surface area contributed by atoms with Crippen molar-refractivity contribution in [2.45, 2.75) is 13.8 Å². The lowest BCUT2D eigenvalue weighted by molar-refractivity contribution is 0.303. The van der Waals surface area contributed by atoms with E-state index >= 15 is 0 Å². The number of likely N-dealkylation sites (N-methyl/N-ethyl adjacent to an activating group) is 1. The number of hydrazone groups is 1. The fourth-order valence-corrected chi connectivity index (χ4v) is 1.72. The van der Waals surface area contributed by atoms with E-state index in [-0.39, 0.29) is 16.2 Å². The molecule has 0 fully saturated rings. The summed E-state index contributed by atoms with van der Waals surface area (Å²) < 4.78 is 0.0779. The van der Waals surface area contributed by atoms with Crippen LogP contribution in [-0.2, 0) is 0 Å². The number of aromatic amines is 2. The summed E-state index contributed by atoms with van der Waals surface area (Å²) in [6.45, 7) is 7.69. The number of aromatic nitrogens is 2. The molecule has 0 atom stereocenters. The van der Waals surface area contributed by atoms with Gasteiger partial charge in [-0.15, -0.1) is 0 Å². The molecule has 1 rings (SSSR count). The minimum absolute atomic E-state index is 0.0453. The zero-order valence-electron chi connectivity index (χ0n) is 11.1. The first-order valence-corrected chi connectivity index (χ1v) is 6.53. The average Bonchev–Trinajstić information content (AvgIpc) is 2.36. The molecule has 0 saturated heterocycles. The van der Waals surface area contributed by atoms with Crippen molar-refractivity contribution in [2.75, 3.05) is 26.2 Å². The van der Waals surface area contributed by atoms with Crippen LogP contribution in [0.1, 0.15) is 19.4 Å². The van der Waals surface area contributed by atoms with Crippen LogP contribution in [0.3, 0.4) is 0 Å². The Hall–Kier alpha value is -1.67. The minimum atomic E-state index is -0.476. The van der Waals surface area contributed by atoms with Crippen molar-refractivity contribution in [3.05, 3.63) is 20.7 Å². The summed E-state index contributed by atoms with van der Waals surface area (Å²) in [5, 5.41) is 13.4. The van der Waals surface area contributed by atoms with Crippen LogP contribution in [0.4, 0.5) is 0 Å². The largest absolute Gasteiger partial charge is 0.494 e. The van der Waals surface area contributed by atoms with E-state index in [1.807, 2.05) is 0 Å². The summed E-state index contributed by atoms with van der Waals surface area (Å²) in [5.41, 5.74) is 2.39. The fourth-order valence-electron chi connectivity index (χ4n) is 1.53. The molecule has 0 aliphatic rings. The number of rotatable bonds is 7. The molecule has 19 heavy (non-hydrogen) atoms. The molecule has 0 aliphatic carbocycles. The van der Waals surface area contributed by atoms with Gasteiger partial charge in [0.2, 0.25) is 5.88 Å². The van der Waals surface area contributed by atoms with E-state index in [1.165, 1.54) is 6.21 Å². The number of nitrogens with zero attached hydrogens (tertiary/aromatic N) is 2. The van der Waals surface area contributed by atoms with Crippen molar-refractivity contribution in [3.63, 3.8) is 0 Å². The number of aromatic hydroxyl groups is 1. The third-order valence-electron chi connectivity index (χ3n) is 2.68. The van der Waals surface area contributed by atoms with Gasteiger partial charge in [-0.3, -0.25) is 9.78 Å². The molecular formula is C11H19N5O2S. The van der Waals surface area contributed by atoms with Crippen molar-refractivity contribution in [1.29, 1.82) is 0 Å². The number of H-pyrrole nitrogens is 2. The third kappa shape index (κ3) is 4.84. The van der Waals surface area contributed by atoms with Crippen molar-refractivity contribution in [2.24, 2.45) is 5.10 Å². The molecule has 0 radical (unpaired) electrons. The van der Waals surface area contributed by atoms with Gasteiger partial charge in [0.25, 0.3) is 5.56 Å². The van der Waals surface area contributed by atoms with Gasteiger partial charge < -0.3 is 20.4 Å².